The lowest BCUT2D eigenvalue weighted by molar-refractivity contribution is -0.122. The van der Waals surface area contributed by atoms with Crippen LogP contribution in [0.15, 0.2) is 4.52 Å². The molecule has 2 unspecified atom stereocenters. The maximum absolute atomic E-state index is 12.1. The van der Waals surface area contributed by atoms with Crippen molar-refractivity contribution in [3.63, 3.8) is 0 Å². The lowest BCUT2D eigenvalue weighted by Gasteiger charge is -2.29. The van der Waals surface area contributed by atoms with Crippen molar-refractivity contribution >= 4 is 5.91 Å². The monoisotopic (exact) mass is 296 g/mol. The highest BCUT2D eigenvalue weighted by atomic mass is 16.5. The van der Waals surface area contributed by atoms with E-state index in [0.29, 0.717) is 0 Å². The minimum absolute atomic E-state index is 0.105. The summed E-state index contributed by atoms with van der Waals surface area (Å²) in [5.41, 5.74) is 0.844. The fourth-order valence-corrected chi connectivity index (χ4v) is 2.25. The number of carbonyl (C=O) groups excluding carboxylic acids is 1. The van der Waals surface area contributed by atoms with Gasteiger partial charge in [0.25, 0.3) is 0 Å². The Hall–Kier alpha value is -1.36. The van der Waals surface area contributed by atoms with Crippen LogP contribution in [-0.4, -0.2) is 28.3 Å². The number of nitrogens with zero attached hydrogens (tertiary/aromatic N) is 1. The highest BCUT2D eigenvalue weighted by Gasteiger charge is 2.27. The molecule has 1 aromatic heterocycles. The van der Waals surface area contributed by atoms with Gasteiger partial charge >= 0.3 is 0 Å². The molecule has 0 saturated carbocycles. The molecule has 0 bridgehead atoms. The first-order valence-electron chi connectivity index (χ1n) is 7.80. The molecule has 5 nitrogen and oxygen atoms in total. The van der Waals surface area contributed by atoms with E-state index < -0.39 is 5.60 Å². The van der Waals surface area contributed by atoms with Crippen molar-refractivity contribution in [2.75, 3.05) is 6.54 Å². The summed E-state index contributed by atoms with van der Waals surface area (Å²) in [5, 5.41) is 17.1. The molecule has 21 heavy (non-hydrogen) atoms. The van der Waals surface area contributed by atoms with Gasteiger partial charge in [-0.15, -0.1) is 0 Å². The van der Waals surface area contributed by atoms with Crippen molar-refractivity contribution in [2.24, 2.45) is 5.92 Å². The number of aromatic nitrogens is 1. The minimum atomic E-state index is -0.889. The summed E-state index contributed by atoms with van der Waals surface area (Å²) in [6, 6.07) is 0. The Balaban J connectivity index is 2.64. The van der Waals surface area contributed by atoms with Crippen molar-refractivity contribution < 1.29 is 14.4 Å². The van der Waals surface area contributed by atoms with Crippen molar-refractivity contribution in [2.45, 2.75) is 65.9 Å². The maximum Gasteiger partial charge on any atom is 0.224 e. The van der Waals surface area contributed by atoms with Gasteiger partial charge < -0.3 is 14.9 Å². The molecular weight excluding hydrogens is 268 g/mol. The summed E-state index contributed by atoms with van der Waals surface area (Å²) >= 11 is 0. The van der Waals surface area contributed by atoms with Crippen LogP contribution in [0.25, 0.3) is 0 Å². The first-order valence-corrected chi connectivity index (χ1v) is 7.80. The first kappa shape index (κ1) is 17.7. The standard InChI is InChI=1S/C16H28N2O3/c1-6-11(4)16(5,20)10-17-15(19)9-12-13(7-2)18-21-14(12)8-3/h11,20H,6-10H2,1-5H3,(H,17,19). The van der Waals surface area contributed by atoms with E-state index in [4.69, 9.17) is 4.52 Å². The second-order valence-corrected chi connectivity index (χ2v) is 5.86. The van der Waals surface area contributed by atoms with Crippen molar-refractivity contribution in [1.82, 2.24) is 10.5 Å². The molecule has 0 fully saturated rings. The van der Waals surface area contributed by atoms with Gasteiger partial charge in [0.15, 0.2) is 0 Å². The summed E-state index contributed by atoms with van der Waals surface area (Å²) < 4.78 is 5.26. The third-order valence-electron chi connectivity index (χ3n) is 4.26. The molecule has 2 atom stereocenters. The fraction of sp³-hybridized carbons (Fsp3) is 0.750. The molecule has 0 aliphatic heterocycles. The van der Waals surface area contributed by atoms with Crippen molar-refractivity contribution in [1.29, 1.82) is 0 Å². The average Bonchev–Trinajstić information content (AvgIpc) is 2.86. The van der Waals surface area contributed by atoms with E-state index in [1.807, 2.05) is 27.7 Å². The smallest absolute Gasteiger partial charge is 0.224 e. The van der Waals surface area contributed by atoms with Gasteiger partial charge in [-0.3, -0.25) is 4.79 Å². The van der Waals surface area contributed by atoms with E-state index in [2.05, 4.69) is 10.5 Å². The van der Waals surface area contributed by atoms with Crippen LogP contribution < -0.4 is 5.32 Å². The molecule has 120 valence electrons. The van der Waals surface area contributed by atoms with Crippen molar-refractivity contribution in [3.8, 4) is 0 Å². The quantitative estimate of drug-likeness (QED) is 0.771. The SMILES string of the molecule is CCc1noc(CC)c1CC(=O)NCC(C)(O)C(C)CC. The second kappa shape index (κ2) is 7.59. The van der Waals surface area contributed by atoms with Gasteiger partial charge in [-0.1, -0.05) is 39.3 Å². The zero-order valence-electron chi connectivity index (χ0n) is 13.8. The van der Waals surface area contributed by atoms with Crippen LogP contribution in [0.1, 0.15) is 58.1 Å². The number of nitrogens with one attached hydrogen (secondary N) is 1. The third kappa shape index (κ3) is 4.56. The summed E-state index contributed by atoms with van der Waals surface area (Å²) in [6.45, 7) is 10.0. The number of hydrogen-bond donors (Lipinski definition) is 2. The summed E-state index contributed by atoms with van der Waals surface area (Å²) in [4.78, 5) is 12.1. The first-order chi connectivity index (χ1) is 9.85. The second-order valence-electron chi connectivity index (χ2n) is 5.86. The Morgan fingerprint density at radius 1 is 1.38 bits per heavy atom. The van der Waals surface area contributed by atoms with Gasteiger partial charge in [0.2, 0.25) is 5.91 Å². The normalized spacial score (nSPS) is 15.5. The molecule has 0 saturated heterocycles. The predicted octanol–water partition coefficient (Wildman–Crippen LogP) is 2.26. The van der Waals surface area contributed by atoms with Gasteiger partial charge in [0.1, 0.15) is 5.76 Å². The van der Waals surface area contributed by atoms with E-state index in [9.17, 15) is 9.90 Å². The Morgan fingerprint density at radius 3 is 2.57 bits per heavy atom. The minimum Gasteiger partial charge on any atom is -0.388 e. The largest absolute Gasteiger partial charge is 0.388 e. The van der Waals surface area contributed by atoms with Gasteiger partial charge in [-0.2, -0.15) is 0 Å². The third-order valence-corrected chi connectivity index (χ3v) is 4.26. The fourth-order valence-electron chi connectivity index (χ4n) is 2.25. The molecule has 1 amide bonds. The van der Waals surface area contributed by atoms with E-state index in [1.54, 1.807) is 6.92 Å². The van der Waals surface area contributed by atoms with E-state index in [0.717, 1.165) is 36.3 Å². The summed E-state index contributed by atoms with van der Waals surface area (Å²) in [5.74, 6) is 0.799. The number of carbonyl (C=O) groups is 1. The average molecular weight is 296 g/mol. The highest BCUT2D eigenvalue weighted by Crippen LogP contribution is 2.19. The predicted molar refractivity (Wildman–Crippen MR) is 82.1 cm³/mol. The van der Waals surface area contributed by atoms with Gasteiger partial charge in [-0.25, -0.2) is 0 Å². The number of aliphatic hydroxyl groups is 1. The van der Waals surface area contributed by atoms with E-state index in [1.165, 1.54) is 0 Å². The van der Waals surface area contributed by atoms with Gasteiger partial charge in [0, 0.05) is 18.5 Å². The molecule has 0 aliphatic rings. The lowest BCUT2D eigenvalue weighted by atomic mass is 9.88. The molecule has 5 heteroatoms. The number of hydrogen-bond acceptors (Lipinski definition) is 4. The molecule has 1 rings (SSSR count). The van der Waals surface area contributed by atoms with E-state index in [-0.39, 0.29) is 24.8 Å². The van der Waals surface area contributed by atoms with E-state index >= 15 is 0 Å². The van der Waals surface area contributed by atoms with Crippen LogP contribution in [0.3, 0.4) is 0 Å². The van der Waals surface area contributed by atoms with Crippen LogP contribution in [0.2, 0.25) is 0 Å². The zero-order valence-corrected chi connectivity index (χ0v) is 13.8. The van der Waals surface area contributed by atoms with Crippen LogP contribution in [0, 0.1) is 5.92 Å². The zero-order chi connectivity index (χ0) is 16.0. The molecule has 0 spiro atoms. The van der Waals surface area contributed by atoms with Crippen LogP contribution >= 0.6 is 0 Å². The number of rotatable bonds is 8. The molecule has 1 aromatic rings. The molecule has 2 N–H and O–H groups in total. The molecule has 0 radical (unpaired) electrons. The maximum atomic E-state index is 12.1. The van der Waals surface area contributed by atoms with Crippen molar-refractivity contribution in [3.05, 3.63) is 17.0 Å². The molecular formula is C16H28N2O3. The molecule has 1 heterocycles. The Kier molecular flexibility index (Phi) is 6.40. The van der Waals surface area contributed by atoms with Crippen LogP contribution in [0.4, 0.5) is 0 Å². The van der Waals surface area contributed by atoms with Gasteiger partial charge in [-0.05, 0) is 19.3 Å². The Bertz CT molecular complexity index is 445. The number of aryl methyl sites for hydroxylation is 2. The number of amides is 1. The Labute approximate surface area is 127 Å². The molecule has 0 aromatic carbocycles. The van der Waals surface area contributed by atoms with Gasteiger partial charge in [0.05, 0.1) is 17.7 Å². The highest BCUT2D eigenvalue weighted by molar-refractivity contribution is 5.79. The van der Waals surface area contributed by atoms with Crippen LogP contribution in [-0.2, 0) is 24.1 Å². The Morgan fingerprint density at radius 2 is 2.05 bits per heavy atom. The summed E-state index contributed by atoms with van der Waals surface area (Å²) in [6.07, 6.45) is 2.60. The summed E-state index contributed by atoms with van der Waals surface area (Å²) in [7, 11) is 0. The molecule has 0 aliphatic carbocycles. The van der Waals surface area contributed by atoms with Crippen LogP contribution in [0.5, 0.6) is 0 Å². The topological polar surface area (TPSA) is 75.4 Å². The lowest BCUT2D eigenvalue weighted by Crippen LogP contribution is -2.45.